The Kier molecular flexibility index (Phi) is 4.40. The predicted octanol–water partition coefficient (Wildman–Crippen LogP) is 2.72. The summed E-state index contributed by atoms with van der Waals surface area (Å²) in [6.45, 7) is 5.88. The molecule has 0 radical (unpaired) electrons. The summed E-state index contributed by atoms with van der Waals surface area (Å²) in [4.78, 5) is 19.9. The van der Waals surface area contributed by atoms with Crippen molar-refractivity contribution in [3.63, 3.8) is 0 Å². The van der Waals surface area contributed by atoms with Crippen LogP contribution in [0.1, 0.15) is 29.0 Å². The van der Waals surface area contributed by atoms with Gasteiger partial charge in [-0.3, -0.25) is 4.90 Å². The van der Waals surface area contributed by atoms with E-state index in [4.69, 9.17) is 5.11 Å². The van der Waals surface area contributed by atoms with E-state index < -0.39 is 5.97 Å². The quantitative estimate of drug-likeness (QED) is 0.939. The van der Waals surface area contributed by atoms with Gasteiger partial charge in [0.2, 0.25) is 0 Å². The molecule has 0 bridgehead atoms. The van der Waals surface area contributed by atoms with Gasteiger partial charge in [-0.05, 0) is 41.4 Å². The van der Waals surface area contributed by atoms with Gasteiger partial charge in [-0.25, -0.2) is 9.78 Å². The fourth-order valence-electron chi connectivity index (χ4n) is 2.78. The fourth-order valence-corrected chi connectivity index (χ4v) is 3.53. The summed E-state index contributed by atoms with van der Waals surface area (Å²) >= 11 is 1.73. The van der Waals surface area contributed by atoms with Gasteiger partial charge in [-0.15, -0.1) is 0 Å². The van der Waals surface area contributed by atoms with Gasteiger partial charge < -0.3 is 10.0 Å². The maximum Gasteiger partial charge on any atom is 0.354 e. The maximum absolute atomic E-state index is 11.0. The van der Waals surface area contributed by atoms with E-state index in [0.29, 0.717) is 6.04 Å². The van der Waals surface area contributed by atoms with E-state index in [0.717, 1.165) is 32.0 Å². The summed E-state index contributed by atoms with van der Waals surface area (Å²) in [5.41, 5.74) is 1.47. The Bertz CT molecular complexity index is 637. The number of aromatic carboxylic acids is 1. The van der Waals surface area contributed by atoms with Crippen molar-refractivity contribution in [1.82, 2.24) is 9.88 Å². The zero-order valence-electron chi connectivity index (χ0n) is 12.5. The predicted molar refractivity (Wildman–Crippen MR) is 87.7 cm³/mol. The molecule has 22 heavy (non-hydrogen) atoms. The lowest BCUT2D eigenvalue weighted by molar-refractivity contribution is 0.0690. The zero-order chi connectivity index (χ0) is 15.5. The Morgan fingerprint density at radius 2 is 2.05 bits per heavy atom. The summed E-state index contributed by atoms with van der Waals surface area (Å²) in [6, 6.07) is 7.77. The van der Waals surface area contributed by atoms with Gasteiger partial charge in [0.25, 0.3) is 0 Å². The minimum absolute atomic E-state index is 0.103. The van der Waals surface area contributed by atoms with Crippen molar-refractivity contribution in [1.29, 1.82) is 0 Å². The number of hydrogen-bond acceptors (Lipinski definition) is 5. The van der Waals surface area contributed by atoms with E-state index in [1.807, 2.05) is 6.07 Å². The molecular weight excluding hydrogens is 298 g/mol. The van der Waals surface area contributed by atoms with Crippen molar-refractivity contribution in [2.75, 3.05) is 31.1 Å². The highest BCUT2D eigenvalue weighted by Crippen LogP contribution is 2.24. The van der Waals surface area contributed by atoms with Crippen LogP contribution in [0, 0.1) is 0 Å². The van der Waals surface area contributed by atoms with Crippen LogP contribution in [0.2, 0.25) is 0 Å². The fraction of sp³-hybridized carbons (Fsp3) is 0.375. The third-order valence-corrected chi connectivity index (χ3v) is 4.87. The highest BCUT2D eigenvalue weighted by Gasteiger charge is 2.23. The molecule has 0 aliphatic carbocycles. The third-order valence-electron chi connectivity index (χ3n) is 4.17. The van der Waals surface area contributed by atoms with E-state index in [-0.39, 0.29) is 5.69 Å². The van der Waals surface area contributed by atoms with Gasteiger partial charge in [0.1, 0.15) is 5.82 Å². The van der Waals surface area contributed by atoms with Crippen molar-refractivity contribution in [2.45, 2.75) is 13.0 Å². The molecule has 0 spiro atoms. The standard InChI is InChI=1S/C16H19N3O2S/c1-12(13-5-10-22-11-13)18-6-8-19(9-7-18)15-4-2-3-14(17-15)16(20)21/h2-5,10-12H,6-9H2,1H3,(H,20,21). The SMILES string of the molecule is CC(c1ccsc1)N1CCN(c2cccc(C(=O)O)n2)CC1. The van der Waals surface area contributed by atoms with Gasteiger partial charge >= 0.3 is 5.97 Å². The van der Waals surface area contributed by atoms with E-state index >= 15 is 0 Å². The molecule has 116 valence electrons. The number of thiophene rings is 1. The number of pyridine rings is 1. The Morgan fingerprint density at radius 1 is 1.27 bits per heavy atom. The zero-order valence-corrected chi connectivity index (χ0v) is 13.3. The molecule has 5 nitrogen and oxygen atoms in total. The Labute approximate surface area is 133 Å². The Balaban J connectivity index is 1.64. The average Bonchev–Trinajstić information content (AvgIpc) is 3.09. The monoisotopic (exact) mass is 317 g/mol. The maximum atomic E-state index is 11.0. The largest absolute Gasteiger partial charge is 0.477 e. The van der Waals surface area contributed by atoms with Gasteiger partial charge in [0, 0.05) is 32.2 Å². The van der Waals surface area contributed by atoms with Crippen LogP contribution in [0.5, 0.6) is 0 Å². The molecule has 1 N–H and O–H groups in total. The molecule has 2 aromatic rings. The Hall–Kier alpha value is -1.92. The average molecular weight is 317 g/mol. The van der Waals surface area contributed by atoms with Crippen molar-refractivity contribution in [3.8, 4) is 0 Å². The van der Waals surface area contributed by atoms with Crippen LogP contribution in [0.25, 0.3) is 0 Å². The van der Waals surface area contributed by atoms with E-state index in [9.17, 15) is 4.79 Å². The van der Waals surface area contributed by atoms with Gasteiger partial charge in [-0.1, -0.05) is 6.07 Å². The van der Waals surface area contributed by atoms with Crippen LogP contribution >= 0.6 is 11.3 Å². The summed E-state index contributed by atoms with van der Waals surface area (Å²) in [5.74, 6) is -0.227. The lowest BCUT2D eigenvalue weighted by Crippen LogP contribution is -2.47. The molecule has 1 aliphatic heterocycles. The topological polar surface area (TPSA) is 56.7 Å². The van der Waals surface area contributed by atoms with Crippen molar-refractivity contribution in [2.24, 2.45) is 0 Å². The number of piperazine rings is 1. The number of nitrogens with zero attached hydrogens (tertiary/aromatic N) is 3. The summed E-state index contributed by atoms with van der Waals surface area (Å²) in [7, 11) is 0. The molecule has 1 unspecified atom stereocenters. The first kappa shape index (κ1) is 15.0. The minimum Gasteiger partial charge on any atom is -0.477 e. The van der Waals surface area contributed by atoms with Gasteiger partial charge in [0.05, 0.1) is 0 Å². The first-order chi connectivity index (χ1) is 10.6. The van der Waals surface area contributed by atoms with Crippen LogP contribution in [-0.2, 0) is 0 Å². The lowest BCUT2D eigenvalue weighted by atomic mass is 10.1. The first-order valence-electron chi connectivity index (χ1n) is 7.36. The van der Waals surface area contributed by atoms with Crippen LogP contribution < -0.4 is 4.90 Å². The van der Waals surface area contributed by atoms with Gasteiger partial charge in [0.15, 0.2) is 5.69 Å². The lowest BCUT2D eigenvalue weighted by Gasteiger charge is -2.38. The van der Waals surface area contributed by atoms with Crippen LogP contribution in [0.15, 0.2) is 35.0 Å². The number of rotatable bonds is 4. The second-order valence-corrected chi connectivity index (χ2v) is 6.22. The van der Waals surface area contributed by atoms with E-state index in [1.54, 1.807) is 17.4 Å². The highest BCUT2D eigenvalue weighted by molar-refractivity contribution is 7.07. The number of aromatic nitrogens is 1. The molecule has 2 aromatic heterocycles. The molecule has 3 heterocycles. The van der Waals surface area contributed by atoms with Crippen LogP contribution in [0.4, 0.5) is 5.82 Å². The van der Waals surface area contributed by atoms with Gasteiger partial charge in [-0.2, -0.15) is 11.3 Å². The molecule has 3 rings (SSSR count). The minimum atomic E-state index is -0.980. The molecule has 1 fully saturated rings. The summed E-state index contributed by atoms with van der Waals surface area (Å²) < 4.78 is 0. The summed E-state index contributed by atoms with van der Waals surface area (Å²) in [5, 5.41) is 13.4. The third kappa shape index (κ3) is 3.13. The van der Waals surface area contributed by atoms with Crippen molar-refractivity contribution >= 4 is 23.1 Å². The van der Waals surface area contributed by atoms with Crippen molar-refractivity contribution in [3.05, 3.63) is 46.3 Å². The number of hydrogen-bond donors (Lipinski definition) is 1. The highest BCUT2D eigenvalue weighted by atomic mass is 32.1. The molecule has 1 atom stereocenters. The van der Waals surface area contributed by atoms with E-state index in [2.05, 4.69) is 38.5 Å². The molecule has 6 heteroatoms. The molecule has 0 saturated carbocycles. The second kappa shape index (κ2) is 6.46. The van der Waals surface area contributed by atoms with Crippen molar-refractivity contribution < 1.29 is 9.90 Å². The number of carboxylic acid groups (broad SMARTS) is 1. The molecule has 0 amide bonds. The molecule has 0 aromatic carbocycles. The van der Waals surface area contributed by atoms with Crippen LogP contribution in [0.3, 0.4) is 0 Å². The normalized spacial score (nSPS) is 17.4. The molecule has 1 saturated heterocycles. The van der Waals surface area contributed by atoms with E-state index in [1.165, 1.54) is 11.6 Å². The number of anilines is 1. The number of carbonyl (C=O) groups is 1. The Morgan fingerprint density at radius 3 is 2.68 bits per heavy atom. The first-order valence-corrected chi connectivity index (χ1v) is 8.31. The molecule has 1 aliphatic rings. The molecular formula is C16H19N3O2S. The summed E-state index contributed by atoms with van der Waals surface area (Å²) in [6.07, 6.45) is 0. The second-order valence-electron chi connectivity index (χ2n) is 5.44. The smallest absolute Gasteiger partial charge is 0.354 e. The van der Waals surface area contributed by atoms with Crippen LogP contribution in [-0.4, -0.2) is 47.1 Å². The number of carboxylic acids is 1.